The van der Waals surface area contributed by atoms with Crippen LogP contribution in [0.3, 0.4) is 0 Å². The van der Waals surface area contributed by atoms with E-state index >= 15 is 0 Å². The summed E-state index contributed by atoms with van der Waals surface area (Å²) in [6, 6.07) is 22.8. The Labute approximate surface area is 157 Å². The number of hydrogen-bond acceptors (Lipinski definition) is 4. The van der Waals surface area contributed by atoms with Crippen LogP contribution in [0.4, 0.5) is 5.69 Å². The molecule has 0 aliphatic rings. The number of anilines is 1. The maximum atomic E-state index is 12.4. The molecule has 0 atom stereocenters. The van der Waals surface area contributed by atoms with Crippen LogP contribution in [0.5, 0.6) is 11.5 Å². The molecule has 0 saturated heterocycles. The molecule has 0 saturated carbocycles. The van der Waals surface area contributed by atoms with Gasteiger partial charge in [-0.15, -0.1) is 0 Å². The highest BCUT2D eigenvalue weighted by Crippen LogP contribution is 2.17. The number of rotatable bonds is 7. The van der Waals surface area contributed by atoms with Crippen molar-refractivity contribution < 1.29 is 19.1 Å². The largest absolute Gasteiger partial charge is 0.497 e. The first-order valence-electron chi connectivity index (χ1n) is 8.42. The molecule has 0 heterocycles. The van der Waals surface area contributed by atoms with Gasteiger partial charge in [-0.3, -0.25) is 9.59 Å². The first kappa shape index (κ1) is 18.2. The van der Waals surface area contributed by atoms with Gasteiger partial charge in [-0.2, -0.15) is 0 Å². The van der Waals surface area contributed by atoms with Crippen molar-refractivity contribution in [1.29, 1.82) is 0 Å². The van der Waals surface area contributed by atoms with Crippen LogP contribution in [0.1, 0.15) is 15.9 Å². The van der Waals surface area contributed by atoms with Gasteiger partial charge in [-0.05, 0) is 48.5 Å². The lowest BCUT2D eigenvalue weighted by Gasteiger charge is -2.09. The number of carbonyl (C=O) groups is 2. The molecule has 3 aromatic carbocycles. The summed E-state index contributed by atoms with van der Waals surface area (Å²) in [4.78, 5) is 24.3. The second-order valence-electron chi connectivity index (χ2n) is 5.78. The van der Waals surface area contributed by atoms with E-state index in [4.69, 9.17) is 9.47 Å². The zero-order valence-electron chi connectivity index (χ0n) is 14.8. The van der Waals surface area contributed by atoms with Crippen molar-refractivity contribution in [3.8, 4) is 11.5 Å². The van der Waals surface area contributed by atoms with Crippen molar-refractivity contribution in [2.45, 2.75) is 0 Å². The second kappa shape index (κ2) is 8.67. The SMILES string of the molecule is COc1ccc(NC(=O)COc2ccc(C(=O)c3ccccc3)cc2)cc1. The van der Waals surface area contributed by atoms with Gasteiger partial charge in [0, 0.05) is 16.8 Å². The monoisotopic (exact) mass is 361 g/mol. The molecule has 0 unspecified atom stereocenters. The average Bonchev–Trinajstić information content (AvgIpc) is 2.73. The Morgan fingerprint density at radius 1 is 0.778 bits per heavy atom. The van der Waals surface area contributed by atoms with E-state index in [2.05, 4.69) is 5.32 Å². The van der Waals surface area contributed by atoms with E-state index < -0.39 is 0 Å². The average molecular weight is 361 g/mol. The van der Waals surface area contributed by atoms with Crippen molar-refractivity contribution in [3.63, 3.8) is 0 Å². The summed E-state index contributed by atoms with van der Waals surface area (Å²) in [5, 5.41) is 2.74. The van der Waals surface area contributed by atoms with Crippen LogP contribution < -0.4 is 14.8 Å². The summed E-state index contributed by atoms with van der Waals surface area (Å²) in [5.41, 5.74) is 1.86. The highest BCUT2D eigenvalue weighted by atomic mass is 16.5. The standard InChI is InChI=1S/C22H19NO4/c1-26-19-13-9-18(10-14-19)23-21(24)15-27-20-11-7-17(8-12-20)22(25)16-5-3-2-4-6-16/h2-14H,15H2,1H3,(H,23,24). The van der Waals surface area contributed by atoms with Crippen LogP contribution in [0.25, 0.3) is 0 Å². The molecule has 0 aliphatic heterocycles. The summed E-state index contributed by atoms with van der Waals surface area (Å²) in [5.74, 6) is 0.905. The Morgan fingerprint density at radius 3 is 2.00 bits per heavy atom. The lowest BCUT2D eigenvalue weighted by atomic mass is 10.0. The predicted octanol–water partition coefficient (Wildman–Crippen LogP) is 3.94. The quantitative estimate of drug-likeness (QED) is 0.647. The molecule has 3 rings (SSSR count). The maximum absolute atomic E-state index is 12.4. The molecule has 0 fully saturated rings. The molecule has 0 spiro atoms. The smallest absolute Gasteiger partial charge is 0.262 e. The number of amides is 1. The van der Waals surface area contributed by atoms with Gasteiger partial charge < -0.3 is 14.8 Å². The zero-order chi connectivity index (χ0) is 19.1. The maximum Gasteiger partial charge on any atom is 0.262 e. The number of carbonyl (C=O) groups excluding carboxylic acids is 2. The fraction of sp³-hybridized carbons (Fsp3) is 0.0909. The van der Waals surface area contributed by atoms with E-state index in [-0.39, 0.29) is 18.3 Å². The minimum Gasteiger partial charge on any atom is -0.497 e. The molecular formula is C22H19NO4. The summed E-state index contributed by atoms with van der Waals surface area (Å²) >= 11 is 0. The van der Waals surface area contributed by atoms with Crippen LogP contribution in [-0.4, -0.2) is 25.4 Å². The number of ketones is 1. The Balaban J connectivity index is 1.53. The second-order valence-corrected chi connectivity index (χ2v) is 5.78. The molecule has 3 aromatic rings. The lowest BCUT2D eigenvalue weighted by molar-refractivity contribution is -0.118. The van der Waals surface area contributed by atoms with E-state index in [0.717, 1.165) is 5.75 Å². The van der Waals surface area contributed by atoms with Crippen molar-refractivity contribution in [3.05, 3.63) is 90.0 Å². The van der Waals surface area contributed by atoms with E-state index in [1.54, 1.807) is 67.8 Å². The molecule has 0 aromatic heterocycles. The third-order valence-electron chi connectivity index (χ3n) is 3.90. The molecule has 0 bridgehead atoms. The van der Waals surface area contributed by atoms with Crippen molar-refractivity contribution in [2.75, 3.05) is 19.0 Å². The van der Waals surface area contributed by atoms with E-state index in [0.29, 0.717) is 22.6 Å². The van der Waals surface area contributed by atoms with Gasteiger partial charge in [0.25, 0.3) is 5.91 Å². The van der Waals surface area contributed by atoms with E-state index in [1.807, 2.05) is 18.2 Å². The Kier molecular flexibility index (Phi) is 5.84. The molecular weight excluding hydrogens is 342 g/mol. The fourth-order valence-electron chi connectivity index (χ4n) is 2.48. The van der Waals surface area contributed by atoms with Gasteiger partial charge in [-0.25, -0.2) is 0 Å². The highest BCUT2D eigenvalue weighted by Gasteiger charge is 2.09. The summed E-state index contributed by atoms with van der Waals surface area (Å²) < 4.78 is 10.6. The first-order chi connectivity index (χ1) is 13.2. The van der Waals surface area contributed by atoms with Gasteiger partial charge in [0.1, 0.15) is 11.5 Å². The van der Waals surface area contributed by atoms with Gasteiger partial charge >= 0.3 is 0 Å². The van der Waals surface area contributed by atoms with Crippen LogP contribution in [0, 0.1) is 0 Å². The molecule has 1 N–H and O–H groups in total. The van der Waals surface area contributed by atoms with Crippen LogP contribution >= 0.6 is 0 Å². The summed E-state index contributed by atoms with van der Waals surface area (Å²) in [7, 11) is 1.58. The van der Waals surface area contributed by atoms with Crippen LogP contribution in [-0.2, 0) is 4.79 Å². The molecule has 1 amide bonds. The van der Waals surface area contributed by atoms with Gasteiger partial charge in [0.15, 0.2) is 12.4 Å². The Morgan fingerprint density at radius 2 is 1.37 bits per heavy atom. The number of benzene rings is 3. The van der Waals surface area contributed by atoms with Gasteiger partial charge in [0.2, 0.25) is 0 Å². The summed E-state index contributed by atoms with van der Waals surface area (Å²) in [6.07, 6.45) is 0. The lowest BCUT2D eigenvalue weighted by Crippen LogP contribution is -2.20. The molecule has 27 heavy (non-hydrogen) atoms. The van der Waals surface area contributed by atoms with Crippen molar-refractivity contribution >= 4 is 17.4 Å². The van der Waals surface area contributed by atoms with Gasteiger partial charge in [0.05, 0.1) is 7.11 Å². The molecule has 0 radical (unpaired) electrons. The number of methoxy groups -OCH3 is 1. The fourth-order valence-corrected chi connectivity index (χ4v) is 2.48. The first-order valence-corrected chi connectivity index (χ1v) is 8.42. The number of nitrogens with one attached hydrogen (secondary N) is 1. The summed E-state index contributed by atoms with van der Waals surface area (Å²) in [6.45, 7) is -0.127. The highest BCUT2D eigenvalue weighted by molar-refractivity contribution is 6.09. The number of hydrogen-bond donors (Lipinski definition) is 1. The van der Waals surface area contributed by atoms with Crippen molar-refractivity contribution in [1.82, 2.24) is 0 Å². The third kappa shape index (κ3) is 4.95. The normalized spacial score (nSPS) is 10.1. The molecule has 5 heteroatoms. The van der Waals surface area contributed by atoms with Crippen molar-refractivity contribution in [2.24, 2.45) is 0 Å². The molecule has 0 aliphatic carbocycles. The third-order valence-corrected chi connectivity index (χ3v) is 3.90. The minimum absolute atomic E-state index is 0.0561. The number of ether oxygens (including phenoxy) is 2. The predicted molar refractivity (Wildman–Crippen MR) is 103 cm³/mol. The topological polar surface area (TPSA) is 64.6 Å². The Bertz CT molecular complexity index is 903. The molecule has 136 valence electrons. The van der Waals surface area contributed by atoms with Gasteiger partial charge in [-0.1, -0.05) is 30.3 Å². The van der Waals surface area contributed by atoms with Crippen LogP contribution in [0.15, 0.2) is 78.9 Å². The zero-order valence-corrected chi connectivity index (χ0v) is 14.8. The molecule has 5 nitrogen and oxygen atoms in total. The minimum atomic E-state index is -0.274. The Hall–Kier alpha value is -3.60. The van der Waals surface area contributed by atoms with Crippen LogP contribution in [0.2, 0.25) is 0 Å². The van der Waals surface area contributed by atoms with E-state index in [9.17, 15) is 9.59 Å². The van der Waals surface area contributed by atoms with E-state index in [1.165, 1.54) is 0 Å².